The van der Waals surface area contributed by atoms with Crippen LogP contribution in [0.1, 0.15) is 12.8 Å². The van der Waals surface area contributed by atoms with Crippen molar-refractivity contribution in [3.63, 3.8) is 0 Å². The number of hydrogen-bond donors (Lipinski definition) is 3. The van der Waals surface area contributed by atoms with Gasteiger partial charge in [0, 0.05) is 13.0 Å². The normalized spacial score (nSPS) is 21.0. The minimum absolute atomic E-state index is 0.0612. The van der Waals surface area contributed by atoms with E-state index in [1.54, 1.807) is 0 Å². The van der Waals surface area contributed by atoms with E-state index < -0.39 is 12.1 Å². The van der Waals surface area contributed by atoms with Gasteiger partial charge in [-0.15, -0.1) is 4.37 Å². The Balaban J connectivity index is 1.67. The molecule has 0 spiro atoms. The number of nitrogens with zero attached hydrogens (tertiary/aromatic N) is 2. The first-order chi connectivity index (χ1) is 9.15. The predicted molar refractivity (Wildman–Crippen MR) is 65.6 cm³/mol. The molecule has 3 N–H and O–H groups in total. The molecule has 104 valence electrons. The summed E-state index contributed by atoms with van der Waals surface area (Å²) in [6.07, 6.45) is 1.44. The summed E-state index contributed by atoms with van der Waals surface area (Å²) in [6, 6.07) is -0.451. The highest BCUT2D eigenvalue weighted by molar-refractivity contribution is 6.99. The molecule has 0 aliphatic carbocycles. The van der Waals surface area contributed by atoms with Crippen molar-refractivity contribution in [2.75, 3.05) is 13.2 Å². The third-order valence-corrected chi connectivity index (χ3v) is 3.07. The first kappa shape index (κ1) is 13.8. The van der Waals surface area contributed by atoms with Gasteiger partial charge in [0.25, 0.3) is 0 Å². The van der Waals surface area contributed by atoms with Gasteiger partial charge in [-0.3, -0.25) is 14.9 Å². The van der Waals surface area contributed by atoms with Crippen LogP contribution < -0.4 is 15.4 Å². The van der Waals surface area contributed by atoms with Crippen molar-refractivity contribution in [3.8, 4) is 5.88 Å². The number of aliphatic hydroxyl groups excluding tert-OH is 1. The molecule has 1 aromatic rings. The Morgan fingerprint density at radius 2 is 2.47 bits per heavy atom. The van der Waals surface area contributed by atoms with E-state index in [0.717, 1.165) is 11.7 Å². The maximum absolute atomic E-state index is 11.4. The smallest absolute Gasteiger partial charge is 0.245 e. The van der Waals surface area contributed by atoms with Gasteiger partial charge in [0.05, 0.1) is 17.8 Å². The molecule has 2 atom stereocenters. The number of aromatic nitrogens is 2. The SMILES string of the molecule is O=C1CCC(NCC(O)COc2cnsn2)C(=O)N1. The second kappa shape index (κ2) is 6.55. The van der Waals surface area contributed by atoms with Gasteiger partial charge in [-0.25, -0.2) is 0 Å². The fraction of sp³-hybridized carbons (Fsp3) is 0.600. The van der Waals surface area contributed by atoms with E-state index in [0.29, 0.717) is 18.7 Å². The first-order valence-corrected chi connectivity index (χ1v) is 6.53. The number of aliphatic hydroxyl groups is 1. The molecule has 0 bridgehead atoms. The number of amides is 2. The molecule has 1 aliphatic heterocycles. The summed E-state index contributed by atoms with van der Waals surface area (Å²) in [5.41, 5.74) is 0. The molecule has 1 fully saturated rings. The number of nitrogens with one attached hydrogen (secondary N) is 2. The molecule has 8 nitrogen and oxygen atoms in total. The van der Waals surface area contributed by atoms with Gasteiger partial charge in [0.15, 0.2) is 0 Å². The van der Waals surface area contributed by atoms with Gasteiger partial charge >= 0.3 is 0 Å². The molecule has 1 aliphatic rings. The van der Waals surface area contributed by atoms with E-state index in [4.69, 9.17) is 4.74 Å². The number of rotatable bonds is 6. The number of hydrogen-bond acceptors (Lipinski definition) is 8. The van der Waals surface area contributed by atoms with Gasteiger partial charge in [-0.1, -0.05) is 0 Å². The molecular weight excluding hydrogens is 272 g/mol. The Hall–Kier alpha value is -1.58. The molecule has 2 unspecified atom stereocenters. The number of carbonyl (C=O) groups is 2. The van der Waals surface area contributed by atoms with E-state index in [-0.39, 0.29) is 25.0 Å². The average Bonchev–Trinajstić information content (AvgIpc) is 2.88. The molecule has 9 heteroatoms. The molecule has 1 saturated heterocycles. The second-order valence-corrected chi connectivity index (χ2v) is 4.68. The minimum Gasteiger partial charge on any atom is -0.473 e. The van der Waals surface area contributed by atoms with Crippen LogP contribution in [0.25, 0.3) is 0 Å². The van der Waals surface area contributed by atoms with E-state index in [9.17, 15) is 14.7 Å². The van der Waals surface area contributed by atoms with Gasteiger partial charge in [-0.05, 0) is 6.42 Å². The third-order valence-electron chi connectivity index (χ3n) is 2.60. The molecule has 2 rings (SSSR count). The summed E-state index contributed by atoms with van der Waals surface area (Å²) >= 11 is 1.02. The van der Waals surface area contributed by atoms with Crippen LogP contribution in [0, 0.1) is 0 Å². The Morgan fingerprint density at radius 3 is 3.16 bits per heavy atom. The zero-order valence-electron chi connectivity index (χ0n) is 10.0. The minimum atomic E-state index is -0.771. The van der Waals surface area contributed by atoms with Crippen molar-refractivity contribution in [2.45, 2.75) is 25.0 Å². The van der Waals surface area contributed by atoms with Gasteiger partial charge in [0.1, 0.15) is 18.9 Å². The molecule has 19 heavy (non-hydrogen) atoms. The Bertz CT molecular complexity index is 439. The lowest BCUT2D eigenvalue weighted by Crippen LogP contribution is -2.52. The van der Waals surface area contributed by atoms with Crippen molar-refractivity contribution in [1.29, 1.82) is 0 Å². The molecule has 0 radical (unpaired) electrons. The van der Waals surface area contributed by atoms with E-state index >= 15 is 0 Å². The Kier molecular flexibility index (Phi) is 4.77. The summed E-state index contributed by atoms with van der Waals surface area (Å²) < 4.78 is 12.8. The summed E-state index contributed by atoms with van der Waals surface area (Å²) in [6.45, 7) is 0.259. The van der Waals surface area contributed by atoms with Crippen LogP contribution in [0.15, 0.2) is 6.20 Å². The Morgan fingerprint density at radius 1 is 1.63 bits per heavy atom. The molecule has 1 aromatic heterocycles. The number of imide groups is 1. The van der Waals surface area contributed by atoms with Crippen LogP contribution in [0.2, 0.25) is 0 Å². The van der Waals surface area contributed by atoms with Crippen molar-refractivity contribution in [1.82, 2.24) is 19.4 Å². The van der Waals surface area contributed by atoms with Gasteiger partial charge in [0.2, 0.25) is 17.7 Å². The van der Waals surface area contributed by atoms with Crippen LogP contribution >= 0.6 is 11.7 Å². The molecular formula is C10H14N4O4S. The first-order valence-electron chi connectivity index (χ1n) is 5.80. The van der Waals surface area contributed by atoms with E-state index in [1.165, 1.54) is 6.20 Å². The fourth-order valence-electron chi connectivity index (χ4n) is 1.63. The zero-order valence-corrected chi connectivity index (χ0v) is 10.9. The van der Waals surface area contributed by atoms with Crippen LogP contribution in [0.4, 0.5) is 0 Å². The lowest BCUT2D eigenvalue weighted by atomic mass is 10.1. The zero-order chi connectivity index (χ0) is 13.7. The largest absolute Gasteiger partial charge is 0.473 e. The quantitative estimate of drug-likeness (QED) is 0.555. The number of carbonyl (C=O) groups excluding carboxylic acids is 2. The second-order valence-electron chi connectivity index (χ2n) is 4.12. The maximum Gasteiger partial charge on any atom is 0.245 e. The standard InChI is InChI=1S/C10H14N4O4S/c15-6(5-18-9-4-12-19-14-9)3-11-7-1-2-8(16)13-10(7)17/h4,6-7,11,15H,1-3,5H2,(H,13,16,17). The van der Waals surface area contributed by atoms with E-state index in [1.807, 2.05) is 0 Å². The highest BCUT2D eigenvalue weighted by Crippen LogP contribution is 2.06. The lowest BCUT2D eigenvalue weighted by molar-refractivity contribution is -0.134. The van der Waals surface area contributed by atoms with Crippen molar-refractivity contribution < 1.29 is 19.4 Å². The molecule has 2 heterocycles. The lowest BCUT2D eigenvalue weighted by Gasteiger charge is -2.23. The fourth-order valence-corrected chi connectivity index (χ4v) is 1.99. The number of piperidine rings is 1. The molecule has 2 amide bonds. The van der Waals surface area contributed by atoms with Crippen molar-refractivity contribution >= 4 is 23.5 Å². The molecule has 0 aromatic carbocycles. The predicted octanol–water partition coefficient (Wildman–Crippen LogP) is -1.33. The number of ether oxygens (including phenoxy) is 1. The summed E-state index contributed by atoms with van der Waals surface area (Å²) in [4.78, 5) is 22.4. The van der Waals surface area contributed by atoms with Crippen molar-refractivity contribution in [2.24, 2.45) is 0 Å². The highest BCUT2D eigenvalue weighted by atomic mass is 32.1. The maximum atomic E-state index is 11.4. The Labute approximate surface area is 113 Å². The van der Waals surface area contributed by atoms with Crippen molar-refractivity contribution in [3.05, 3.63) is 6.20 Å². The average molecular weight is 286 g/mol. The monoisotopic (exact) mass is 286 g/mol. The topological polar surface area (TPSA) is 113 Å². The van der Waals surface area contributed by atoms with Crippen LogP contribution in [0.3, 0.4) is 0 Å². The summed E-state index contributed by atoms with van der Waals surface area (Å²) in [5.74, 6) is -0.249. The summed E-state index contributed by atoms with van der Waals surface area (Å²) in [5, 5.41) is 14.8. The molecule has 0 saturated carbocycles. The van der Waals surface area contributed by atoms with Crippen LogP contribution in [-0.2, 0) is 9.59 Å². The summed E-state index contributed by atoms with van der Waals surface area (Å²) in [7, 11) is 0. The van der Waals surface area contributed by atoms with Gasteiger partial charge in [-0.2, -0.15) is 4.37 Å². The highest BCUT2D eigenvalue weighted by Gasteiger charge is 2.26. The third kappa shape index (κ3) is 4.23. The van der Waals surface area contributed by atoms with E-state index in [2.05, 4.69) is 19.4 Å². The van der Waals surface area contributed by atoms with Crippen LogP contribution in [-0.4, -0.2) is 51.0 Å². The van der Waals surface area contributed by atoms with Gasteiger partial charge < -0.3 is 15.2 Å². The van der Waals surface area contributed by atoms with Crippen LogP contribution in [0.5, 0.6) is 5.88 Å².